The highest BCUT2D eigenvalue weighted by molar-refractivity contribution is 5.93. The number of hydrogen-bond acceptors (Lipinski definition) is 4. The Kier molecular flexibility index (Phi) is 4.14. The lowest BCUT2D eigenvalue weighted by atomic mass is 10.2. The van der Waals surface area contributed by atoms with Crippen LogP contribution in [0.3, 0.4) is 0 Å². The van der Waals surface area contributed by atoms with Crippen molar-refractivity contribution >= 4 is 5.91 Å². The van der Waals surface area contributed by atoms with E-state index in [-0.39, 0.29) is 5.91 Å². The second kappa shape index (κ2) is 6.39. The topological polar surface area (TPSA) is 63.9 Å². The van der Waals surface area contributed by atoms with E-state index in [0.717, 1.165) is 11.4 Å². The molecule has 3 aromatic rings. The zero-order valence-electron chi connectivity index (χ0n) is 13.0. The van der Waals surface area contributed by atoms with Crippen molar-refractivity contribution in [3.05, 3.63) is 66.2 Å². The van der Waals surface area contributed by atoms with Gasteiger partial charge in [0.2, 0.25) is 0 Å². The average molecular weight is 307 g/mol. The number of aryl methyl sites for hydroxylation is 1. The molecule has 1 amide bonds. The third-order valence-corrected chi connectivity index (χ3v) is 3.54. The van der Waals surface area contributed by atoms with Crippen LogP contribution in [0.1, 0.15) is 16.2 Å². The third-order valence-electron chi connectivity index (χ3n) is 3.54. The molecule has 0 saturated carbocycles. The fraction of sp³-hybridized carbons (Fsp3) is 0.176. The van der Waals surface area contributed by atoms with Gasteiger partial charge in [-0.2, -0.15) is 5.10 Å². The van der Waals surface area contributed by atoms with Crippen molar-refractivity contribution in [2.24, 2.45) is 7.05 Å². The molecule has 0 radical (unpaired) electrons. The summed E-state index contributed by atoms with van der Waals surface area (Å²) >= 11 is 0. The van der Waals surface area contributed by atoms with Gasteiger partial charge < -0.3 is 4.90 Å². The lowest BCUT2D eigenvalue weighted by Crippen LogP contribution is -2.27. The molecule has 0 spiro atoms. The molecular weight excluding hydrogens is 290 g/mol. The molecule has 116 valence electrons. The first kappa shape index (κ1) is 14.9. The molecule has 0 atom stereocenters. The first-order chi connectivity index (χ1) is 11.1. The number of benzene rings is 1. The highest BCUT2D eigenvalue weighted by Gasteiger charge is 2.16. The van der Waals surface area contributed by atoms with E-state index >= 15 is 0 Å². The van der Waals surface area contributed by atoms with Gasteiger partial charge >= 0.3 is 0 Å². The van der Waals surface area contributed by atoms with Crippen LogP contribution >= 0.6 is 0 Å². The molecule has 6 heteroatoms. The van der Waals surface area contributed by atoms with Crippen molar-refractivity contribution < 1.29 is 4.79 Å². The van der Waals surface area contributed by atoms with Gasteiger partial charge in [0.05, 0.1) is 6.54 Å². The van der Waals surface area contributed by atoms with E-state index in [1.165, 1.54) is 0 Å². The smallest absolute Gasteiger partial charge is 0.254 e. The van der Waals surface area contributed by atoms with Crippen LogP contribution in [0, 0.1) is 0 Å². The van der Waals surface area contributed by atoms with E-state index in [1.807, 2.05) is 37.4 Å². The highest BCUT2D eigenvalue weighted by atomic mass is 16.2. The predicted molar refractivity (Wildman–Crippen MR) is 86.5 cm³/mol. The SMILES string of the molecule is CN(Cc1nc(-c2ccncc2)nn1C)C(=O)c1ccccc1. The van der Waals surface area contributed by atoms with E-state index in [4.69, 9.17) is 0 Å². The second-order valence-corrected chi connectivity index (χ2v) is 5.24. The Bertz CT molecular complexity index is 798. The van der Waals surface area contributed by atoms with Crippen LogP contribution in [-0.4, -0.2) is 37.6 Å². The first-order valence-electron chi connectivity index (χ1n) is 7.26. The van der Waals surface area contributed by atoms with Gasteiger partial charge in [0.1, 0.15) is 5.82 Å². The molecule has 2 heterocycles. The van der Waals surface area contributed by atoms with E-state index < -0.39 is 0 Å². The van der Waals surface area contributed by atoms with Crippen LogP contribution in [0.5, 0.6) is 0 Å². The largest absolute Gasteiger partial charge is 0.334 e. The molecule has 0 aliphatic carbocycles. The minimum absolute atomic E-state index is 0.0425. The Hall–Kier alpha value is -3.02. The Morgan fingerprint density at radius 3 is 2.52 bits per heavy atom. The van der Waals surface area contributed by atoms with Crippen LogP contribution in [0.25, 0.3) is 11.4 Å². The van der Waals surface area contributed by atoms with Crippen LogP contribution in [0.15, 0.2) is 54.9 Å². The van der Waals surface area contributed by atoms with Gasteiger partial charge in [0.25, 0.3) is 5.91 Å². The van der Waals surface area contributed by atoms with E-state index in [2.05, 4.69) is 15.1 Å². The number of aromatic nitrogens is 4. The lowest BCUT2D eigenvalue weighted by molar-refractivity contribution is 0.0780. The van der Waals surface area contributed by atoms with Crippen molar-refractivity contribution in [3.63, 3.8) is 0 Å². The Morgan fingerprint density at radius 1 is 1.13 bits per heavy atom. The lowest BCUT2D eigenvalue weighted by Gasteiger charge is -2.16. The standard InChI is InChI=1S/C17H17N5O/c1-21(17(23)14-6-4-3-5-7-14)12-15-19-16(20-22(15)2)13-8-10-18-11-9-13/h3-11H,12H2,1-2H3. The molecule has 6 nitrogen and oxygen atoms in total. The predicted octanol–water partition coefficient (Wildman–Crippen LogP) is 2.15. The number of nitrogens with zero attached hydrogens (tertiary/aromatic N) is 5. The van der Waals surface area contributed by atoms with Crippen molar-refractivity contribution in [1.82, 2.24) is 24.6 Å². The quantitative estimate of drug-likeness (QED) is 0.741. The molecule has 0 saturated heterocycles. The number of carbonyl (C=O) groups excluding carboxylic acids is 1. The summed E-state index contributed by atoms with van der Waals surface area (Å²) in [4.78, 5) is 22.5. The van der Waals surface area contributed by atoms with Gasteiger partial charge in [-0.05, 0) is 24.3 Å². The number of carbonyl (C=O) groups is 1. The first-order valence-corrected chi connectivity index (χ1v) is 7.26. The summed E-state index contributed by atoms with van der Waals surface area (Å²) < 4.78 is 1.70. The highest BCUT2D eigenvalue weighted by Crippen LogP contribution is 2.15. The van der Waals surface area contributed by atoms with E-state index in [1.54, 1.807) is 41.2 Å². The summed E-state index contributed by atoms with van der Waals surface area (Å²) in [6.45, 7) is 0.391. The second-order valence-electron chi connectivity index (χ2n) is 5.24. The summed E-state index contributed by atoms with van der Waals surface area (Å²) in [5.41, 5.74) is 1.56. The summed E-state index contributed by atoms with van der Waals surface area (Å²) in [5, 5.41) is 4.41. The summed E-state index contributed by atoms with van der Waals surface area (Å²) in [5.74, 6) is 1.31. The number of hydrogen-bond donors (Lipinski definition) is 0. The van der Waals surface area contributed by atoms with Crippen LogP contribution < -0.4 is 0 Å². The number of rotatable bonds is 4. The third kappa shape index (κ3) is 3.26. The molecular formula is C17H17N5O. The minimum atomic E-state index is -0.0425. The molecule has 0 unspecified atom stereocenters. The van der Waals surface area contributed by atoms with Gasteiger partial charge in [0.15, 0.2) is 5.82 Å². The van der Waals surface area contributed by atoms with Gasteiger partial charge in [-0.15, -0.1) is 0 Å². The summed E-state index contributed by atoms with van der Waals surface area (Å²) in [6, 6.07) is 12.9. The fourth-order valence-electron chi connectivity index (χ4n) is 2.26. The molecule has 0 fully saturated rings. The Labute approximate surface area is 134 Å². The summed E-state index contributed by atoms with van der Waals surface area (Å²) in [6.07, 6.45) is 3.41. The molecule has 23 heavy (non-hydrogen) atoms. The maximum atomic E-state index is 12.4. The molecule has 0 bridgehead atoms. The van der Waals surface area contributed by atoms with Crippen molar-refractivity contribution in [2.75, 3.05) is 7.05 Å². The van der Waals surface area contributed by atoms with Crippen LogP contribution in [-0.2, 0) is 13.6 Å². The zero-order valence-corrected chi connectivity index (χ0v) is 13.0. The molecule has 1 aromatic carbocycles. The molecule has 3 rings (SSSR count). The molecule has 0 aliphatic heterocycles. The minimum Gasteiger partial charge on any atom is -0.334 e. The Balaban J connectivity index is 1.78. The van der Waals surface area contributed by atoms with Crippen molar-refractivity contribution in [1.29, 1.82) is 0 Å². The van der Waals surface area contributed by atoms with Crippen LogP contribution in [0.4, 0.5) is 0 Å². The van der Waals surface area contributed by atoms with Crippen molar-refractivity contribution in [2.45, 2.75) is 6.54 Å². The molecule has 0 aliphatic rings. The Morgan fingerprint density at radius 2 is 1.83 bits per heavy atom. The van der Waals surface area contributed by atoms with E-state index in [0.29, 0.717) is 17.9 Å². The zero-order chi connectivity index (χ0) is 16.2. The summed E-state index contributed by atoms with van der Waals surface area (Å²) in [7, 11) is 3.59. The molecule has 2 aromatic heterocycles. The maximum Gasteiger partial charge on any atom is 0.254 e. The van der Waals surface area contributed by atoms with Crippen molar-refractivity contribution in [3.8, 4) is 11.4 Å². The normalized spacial score (nSPS) is 10.5. The number of amides is 1. The molecule has 0 N–H and O–H groups in total. The van der Waals surface area contributed by atoms with Gasteiger partial charge in [0, 0.05) is 37.6 Å². The van der Waals surface area contributed by atoms with Gasteiger partial charge in [-0.3, -0.25) is 14.5 Å². The van der Waals surface area contributed by atoms with Gasteiger partial charge in [-0.25, -0.2) is 4.98 Å². The average Bonchev–Trinajstić information content (AvgIpc) is 2.96. The van der Waals surface area contributed by atoms with E-state index in [9.17, 15) is 4.79 Å². The maximum absolute atomic E-state index is 12.4. The van der Waals surface area contributed by atoms with Crippen LogP contribution in [0.2, 0.25) is 0 Å². The number of pyridine rings is 1. The fourth-order valence-corrected chi connectivity index (χ4v) is 2.26. The monoisotopic (exact) mass is 307 g/mol. The van der Waals surface area contributed by atoms with Gasteiger partial charge in [-0.1, -0.05) is 18.2 Å².